The quantitative estimate of drug-likeness (QED) is 0.477. The summed E-state index contributed by atoms with van der Waals surface area (Å²) in [7, 11) is 0. The SMILES string of the molecule is CCCCC/C(=C\C(C)(C)C)C(C)=O. The van der Waals surface area contributed by atoms with Crippen LogP contribution in [0.5, 0.6) is 0 Å². The topological polar surface area (TPSA) is 17.1 Å². The summed E-state index contributed by atoms with van der Waals surface area (Å²) in [6.45, 7) is 10.3. The van der Waals surface area contributed by atoms with Crippen molar-refractivity contribution < 1.29 is 4.79 Å². The Morgan fingerprint density at radius 2 is 1.79 bits per heavy atom. The van der Waals surface area contributed by atoms with Gasteiger partial charge in [-0.2, -0.15) is 0 Å². The molecule has 0 saturated heterocycles. The molecule has 0 bridgehead atoms. The first kappa shape index (κ1) is 13.4. The average Bonchev–Trinajstić information content (AvgIpc) is 2.00. The molecule has 0 spiro atoms. The van der Waals surface area contributed by atoms with E-state index >= 15 is 0 Å². The van der Waals surface area contributed by atoms with Crippen LogP contribution in [0, 0.1) is 5.41 Å². The van der Waals surface area contributed by atoms with Gasteiger partial charge < -0.3 is 0 Å². The Kier molecular flexibility index (Phi) is 5.75. The molecule has 14 heavy (non-hydrogen) atoms. The molecule has 82 valence electrons. The number of rotatable bonds is 5. The minimum absolute atomic E-state index is 0.118. The molecule has 0 aromatic heterocycles. The Balaban J connectivity index is 4.31. The van der Waals surface area contributed by atoms with Crippen molar-refractivity contribution >= 4 is 5.78 Å². The summed E-state index contributed by atoms with van der Waals surface area (Å²) in [6, 6.07) is 0. The van der Waals surface area contributed by atoms with E-state index in [2.05, 4.69) is 33.8 Å². The molecule has 0 aliphatic rings. The summed E-state index contributed by atoms with van der Waals surface area (Å²) >= 11 is 0. The lowest BCUT2D eigenvalue weighted by molar-refractivity contribution is -0.113. The van der Waals surface area contributed by atoms with E-state index in [4.69, 9.17) is 0 Å². The number of unbranched alkanes of at least 4 members (excludes halogenated alkanes) is 2. The fourth-order valence-corrected chi connectivity index (χ4v) is 1.44. The predicted molar refractivity (Wildman–Crippen MR) is 62.4 cm³/mol. The van der Waals surface area contributed by atoms with Gasteiger partial charge in [-0.25, -0.2) is 0 Å². The summed E-state index contributed by atoms with van der Waals surface area (Å²) in [5.74, 6) is 0.232. The highest BCUT2D eigenvalue weighted by Crippen LogP contribution is 2.21. The molecule has 0 aromatic carbocycles. The molecule has 0 aliphatic carbocycles. The van der Waals surface area contributed by atoms with Crippen LogP contribution in [0.4, 0.5) is 0 Å². The lowest BCUT2D eigenvalue weighted by atomic mass is 9.90. The fourth-order valence-electron chi connectivity index (χ4n) is 1.44. The number of hydrogen-bond acceptors (Lipinski definition) is 1. The lowest BCUT2D eigenvalue weighted by Crippen LogP contribution is -2.06. The zero-order valence-electron chi connectivity index (χ0n) is 10.3. The van der Waals surface area contributed by atoms with Gasteiger partial charge in [-0.05, 0) is 30.8 Å². The molecule has 0 fully saturated rings. The van der Waals surface area contributed by atoms with Gasteiger partial charge in [-0.1, -0.05) is 46.6 Å². The van der Waals surface area contributed by atoms with Crippen molar-refractivity contribution in [3.8, 4) is 0 Å². The molecular weight excluding hydrogens is 172 g/mol. The van der Waals surface area contributed by atoms with Crippen molar-refractivity contribution in [2.45, 2.75) is 60.3 Å². The zero-order valence-corrected chi connectivity index (χ0v) is 10.3. The molecule has 0 radical (unpaired) electrons. The van der Waals surface area contributed by atoms with E-state index < -0.39 is 0 Å². The highest BCUT2D eigenvalue weighted by molar-refractivity contribution is 5.93. The number of allylic oxidation sites excluding steroid dienone is 2. The molecule has 0 N–H and O–H groups in total. The highest BCUT2D eigenvalue weighted by atomic mass is 16.1. The summed E-state index contributed by atoms with van der Waals surface area (Å²) in [5.41, 5.74) is 1.12. The van der Waals surface area contributed by atoms with Gasteiger partial charge in [0.25, 0.3) is 0 Å². The molecule has 0 unspecified atom stereocenters. The largest absolute Gasteiger partial charge is 0.295 e. The second-order valence-corrected chi connectivity index (χ2v) is 5.05. The summed E-state index contributed by atoms with van der Waals surface area (Å²) in [5, 5.41) is 0. The maximum Gasteiger partial charge on any atom is 0.155 e. The lowest BCUT2D eigenvalue weighted by Gasteiger charge is -2.15. The number of carbonyl (C=O) groups excluding carboxylic acids is 1. The van der Waals surface area contributed by atoms with Gasteiger partial charge in [0.2, 0.25) is 0 Å². The Morgan fingerprint density at radius 3 is 2.14 bits per heavy atom. The summed E-state index contributed by atoms with van der Waals surface area (Å²) in [4.78, 5) is 11.3. The number of Topliss-reactive ketones (excluding diaryl/α,β-unsaturated/α-hetero) is 1. The van der Waals surface area contributed by atoms with Gasteiger partial charge in [0.05, 0.1) is 0 Å². The van der Waals surface area contributed by atoms with Crippen LogP contribution >= 0.6 is 0 Å². The smallest absolute Gasteiger partial charge is 0.155 e. The average molecular weight is 196 g/mol. The highest BCUT2D eigenvalue weighted by Gasteiger charge is 2.11. The second kappa shape index (κ2) is 6.00. The van der Waals surface area contributed by atoms with Crippen LogP contribution in [0.25, 0.3) is 0 Å². The van der Waals surface area contributed by atoms with E-state index in [9.17, 15) is 4.79 Å². The normalized spacial score (nSPS) is 13.1. The van der Waals surface area contributed by atoms with Crippen molar-refractivity contribution in [3.63, 3.8) is 0 Å². The second-order valence-electron chi connectivity index (χ2n) is 5.05. The van der Waals surface area contributed by atoms with E-state index in [1.54, 1.807) is 6.92 Å². The zero-order chi connectivity index (χ0) is 11.2. The van der Waals surface area contributed by atoms with E-state index in [-0.39, 0.29) is 11.2 Å². The van der Waals surface area contributed by atoms with Crippen LogP contribution in [0.15, 0.2) is 11.6 Å². The monoisotopic (exact) mass is 196 g/mol. The number of carbonyl (C=O) groups is 1. The summed E-state index contributed by atoms with van der Waals surface area (Å²) < 4.78 is 0. The van der Waals surface area contributed by atoms with Crippen LogP contribution in [0.1, 0.15) is 60.3 Å². The fraction of sp³-hybridized carbons (Fsp3) is 0.769. The molecule has 0 heterocycles. The van der Waals surface area contributed by atoms with E-state index in [0.29, 0.717) is 0 Å². The van der Waals surface area contributed by atoms with E-state index in [1.165, 1.54) is 12.8 Å². The van der Waals surface area contributed by atoms with Crippen molar-refractivity contribution in [2.24, 2.45) is 5.41 Å². The van der Waals surface area contributed by atoms with Crippen molar-refractivity contribution in [2.75, 3.05) is 0 Å². The molecule has 0 amide bonds. The number of hydrogen-bond donors (Lipinski definition) is 0. The predicted octanol–water partition coefficient (Wildman–Crippen LogP) is 4.13. The van der Waals surface area contributed by atoms with Crippen LogP contribution in [0.2, 0.25) is 0 Å². The number of ketones is 1. The van der Waals surface area contributed by atoms with Gasteiger partial charge >= 0.3 is 0 Å². The van der Waals surface area contributed by atoms with Gasteiger partial charge in [0, 0.05) is 0 Å². The molecule has 0 aromatic rings. The first-order chi connectivity index (χ1) is 6.37. The first-order valence-electron chi connectivity index (χ1n) is 5.59. The van der Waals surface area contributed by atoms with Crippen LogP contribution in [-0.4, -0.2) is 5.78 Å². The third-order valence-electron chi connectivity index (χ3n) is 2.11. The molecule has 1 nitrogen and oxygen atoms in total. The van der Waals surface area contributed by atoms with E-state index in [0.717, 1.165) is 18.4 Å². The Morgan fingerprint density at radius 1 is 1.21 bits per heavy atom. The maximum absolute atomic E-state index is 11.3. The Labute approximate surface area is 88.6 Å². The summed E-state index contributed by atoms with van der Waals surface area (Å²) in [6.07, 6.45) is 6.62. The Hall–Kier alpha value is -0.590. The molecular formula is C13H24O. The molecule has 0 rings (SSSR count). The third kappa shape index (κ3) is 6.88. The third-order valence-corrected chi connectivity index (χ3v) is 2.11. The first-order valence-corrected chi connectivity index (χ1v) is 5.59. The van der Waals surface area contributed by atoms with E-state index in [1.807, 2.05) is 0 Å². The van der Waals surface area contributed by atoms with Crippen LogP contribution < -0.4 is 0 Å². The maximum atomic E-state index is 11.3. The van der Waals surface area contributed by atoms with Crippen LogP contribution in [0.3, 0.4) is 0 Å². The minimum Gasteiger partial charge on any atom is -0.295 e. The van der Waals surface area contributed by atoms with Crippen LogP contribution in [-0.2, 0) is 4.79 Å². The minimum atomic E-state index is 0.118. The standard InChI is InChI=1S/C13H24O/c1-6-7-8-9-12(11(2)14)10-13(3,4)5/h10H,6-9H2,1-5H3/b12-10+. The van der Waals surface area contributed by atoms with Gasteiger partial charge in [-0.3, -0.25) is 4.79 Å². The molecule has 0 atom stereocenters. The van der Waals surface area contributed by atoms with Crippen molar-refractivity contribution in [1.29, 1.82) is 0 Å². The van der Waals surface area contributed by atoms with Gasteiger partial charge in [-0.15, -0.1) is 0 Å². The van der Waals surface area contributed by atoms with Crippen molar-refractivity contribution in [1.82, 2.24) is 0 Å². The van der Waals surface area contributed by atoms with Gasteiger partial charge in [0.15, 0.2) is 5.78 Å². The van der Waals surface area contributed by atoms with Gasteiger partial charge in [0.1, 0.15) is 0 Å². The molecule has 0 aliphatic heterocycles. The Bertz CT molecular complexity index is 206. The van der Waals surface area contributed by atoms with Crippen molar-refractivity contribution in [3.05, 3.63) is 11.6 Å². The molecule has 0 saturated carbocycles. The molecule has 1 heteroatoms.